The van der Waals surface area contributed by atoms with Crippen LogP contribution in [0.2, 0.25) is 0 Å². The predicted octanol–water partition coefficient (Wildman–Crippen LogP) is 4.17. The number of carbonyl (C=O) groups is 2. The molecular formula is C21H30O4. The molecule has 1 aromatic rings. The van der Waals surface area contributed by atoms with Crippen LogP contribution in [-0.4, -0.2) is 24.6 Å². The summed E-state index contributed by atoms with van der Waals surface area (Å²) in [7, 11) is 0. The topological polar surface area (TPSA) is 52.6 Å². The Hall–Kier alpha value is -1.84. The molecule has 138 valence electrons. The van der Waals surface area contributed by atoms with E-state index in [0.29, 0.717) is 24.2 Å². The van der Waals surface area contributed by atoms with E-state index < -0.39 is 5.97 Å². The molecule has 4 nitrogen and oxygen atoms in total. The maximum atomic E-state index is 12.1. The van der Waals surface area contributed by atoms with E-state index in [0.717, 1.165) is 18.4 Å². The first-order valence-electron chi connectivity index (χ1n) is 9.34. The van der Waals surface area contributed by atoms with Crippen molar-refractivity contribution in [1.29, 1.82) is 0 Å². The minimum absolute atomic E-state index is 0.0562. The summed E-state index contributed by atoms with van der Waals surface area (Å²) in [6, 6.07) is 9.76. The van der Waals surface area contributed by atoms with Crippen molar-refractivity contribution in [2.45, 2.75) is 59.0 Å². The monoisotopic (exact) mass is 346 g/mol. The van der Waals surface area contributed by atoms with Crippen molar-refractivity contribution < 1.29 is 19.1 Å². The molecule has 0 aromatic heterocycles. The van der Waals surface area contributed by atoms with Gasteiger partial charge in [-0.2, -0.15) is 0 Å². The van der Waals surface area contributed by atoms with E-state index in [1.807, 2.05) is 30.3 Å². The van der Waals surface area contributed by atoms with Crippen LogP contribution in [0.4, 0.5) is 0 Å². The molecule has 1 fully saturated rings. The lowest BCUT2D eigenvalue weighted by molar-refractivity contribution is -0.167. The quantitative estimate of drug-likeness (QED) is 0.696. The highest BCUT2D eigenvalue weighted by Crippen LogP contribution is 2.35. The van der Waals surface area contributed by atoms with Gasteiger partial charge in [-0.15, -0.1) is 0 Å². The molecule has 0 aliphatic heterocycles. The third-order valence-electron chi connectivity index (χ3n) is 5.06. The highest BCUT2D eigenvalue weighted by atomic mass is 16.6. The van der Waals surface area contributed by atoms with Crippen molar-refractivity contribution in [3.8, 4) is 0 Å². The third kappa shape index (κ3) is 6.52. The number of rotatable bonds is 7. The number of benzene rings is 1. The molecule has 0 heterocycles. The Kier molecular flexibility index (Phi) is 7.48. The zero-order valence-electron chi connectivity index (χ0n) is 15.6. The number of carbonyl (C=O) groups excluding carboxylic acids is 2. The van der Waals surface area contributed by atoms with Crippen LogP contribution in [0.5, 0.6) is 0 Å². The highest BCUT2D eigenvalue weighted by Gasteiger charge is 2.33. The van der Waals surface area contributed by atoms with Gasteiger partial charge in [0.05, 0.1) is 0 Å². The molecular weight excluding hydrogens is 316 g/mol. The van der Waals surface area contributed by atoms with Crippen molar-refractivity contribution in [1.82, 2.24) is 0 Å². The molecule has 2 rings (SSSR count). The van der Waals surface area contributed by atoms with E-state index in [2.05, 4.69) is 20.8 Å². The summed E-state index contributed by atoms with van der Waals surface area (Å²) in [5.41, 5.74) is 1.08. The van der Waals surface area contributed by atoms with Gasteiger partial charge in [-0.05, 0) is 42.6 Å². The van der Waals surface area contributed by atoms with E-state index in [4.69, 9.17) is 9.47 Å². The summed E-state index contributed by atoms with van der Waals surface area (Å²) in [4.78, 5) is 23.9. The summed E-state index contributed by atoms with van der Waals surface area (Å²) < 4.78 is 10.7. The van der Waals surface area contributed by atoms with Gasteiger partial charge in [0.15, 0.2) is 6.61 Å². The summed E-state index contributed by atoms with van der Waals surface area (Å²) >= 11 is 0. The third-order valence-corrected chi connectivity index (χ3v) is 5.06. The molecule has 0 bridgehead atoms. The summed E-state index contributed by atoms with van der Waals surface area (Å²) in [6.45, 7) is 6.25. The molecule has 3 atom stereocenters. The van der Waals surface area contributed by atoms with Gasteiger partial charge in [-0.1, -0.05) is 57.5 Å². The SMILES string of the molecule is CC(C)[C@@H]1CC[C@@H](C)C[C@@H]1OC(=O)COC(=O)CCc1ccccc1. The maximum absolute atomic E-state index is 12.1. The van der Waals surface area contributed by atoms with Crippen LogP contribution in [-0.2, 0) is 25.5 Å². The molecule has 25 heavy (non-hydrogen) atoms. The maximum Gasteiger partial charge on any atom is 0.344 e. The fraction of sp³-hybridized carbons (Fsp3) is 0.619. The van der Waals surface area contributed by atoms with Gasteiger partial charge >= 0.3 is 11.9 Å². The second kappa shape index (κ2) is 9.59. The normalized spacial score (nSPS) is 23.3. The van der Waals surface area contributed by atoms with Crippen LogP contribution in [0.3, 0.4) is 0 Å². The van der Waals surface area contributed by atoms with Gasteiger partial charge < -0.3 is 9.47 Å². The van der Waals surface area contributed by atoms with E-state index in [1.54, 1.807) is 0 Å². The minimum Gasteiger partial charge on any atom is -0.460 e. The predicted molar refractivity (Wildman–Crippen MR) is 96.9 cm³/mol. The van der Waals surface area contributed by atoms with Crippen LogP contribution in [0.15, 0.2) is 30.3 Å². The van der Waals surface area contributed by atoms with E-state index in [9.17, 15) is 9.59 Å². The van der Waals surface area contributed by atoms with Gasteiger partial charge in [0, 0.05) is 6.42 Å². The van der Waals surface area contributed by atoms with Crippen molar-refractivity contribution in [3.63, 3.8) is 0 Å². The lowest BCUT2D eigenvalue weighted by atomic mass is 9.75. The summed E-state index contributed by atoms with van der Waals surface area (Å²) in [5.74, 6) is 0.657. The second-order valence-electron chi connectivity index (χ2n) is 7.50. The molecule has 0 saturated heterocycles. The molecule has 1 aliphatic rings. The van der Waals surface area contributed by atoms with Crippen molar-refractivity contribution >= 4 is 11.9 Å². The van der Waals surface area contributed by atoms with Crippen LogP contribution in [0.25, 0.3) is 0 Å². The zero-order chi connectivity index (χ0) is 18.2. The molecule has 0 radical (unpaired) electrons. The standard InChI is InChI=1S/C21H30O4/c1-15(2)18-11-9-16(3)13-19(18)25-21(23)14-24-20(22)12-10-17-7-5-4-6-8-17/h4-8,15-16,18-19H,9-14H2,1-3H3/t16-,18+,19+/m1/s1. The van der Waals surface area contributed by atoms with Crippen LogP contribution in [0, 0.1) is 17.8 Å². The molecule has 0 amide bonds. The Labute approximate surface area is 150 Å². The van der Waals surface area contributed by atoms with Gasteiger partial charge in [0.1, 0.15) is 6.10 Å². The van der Waals surface area contributed by atoms with E-state index in [-0.39, 0.29) is 25.1 Å². The van der Waals surface area contributed by atoms with Crippen LogP contribution < -0.4 is 0 Å². The van der Waals surface area contributed by atoms with Crippen LogP contribution >= 0.6 is 0 Å². The van der Waals surface area contributed by atoms with Gasteiger partial charge in [-0.25, -0.2) is 4.79 Å². The zero-order valence-corrected chi connectivity index (χ0v) is 15.6. The van der Waals surface area contributed by atoms with Gasteiger partial charge in [-0.3, -0.25) is 4.79 Å². The number of ether oxygens (including phenoxy) is 2. The van der Waals surface area contributed by atoms with Gasteiger partial charge in [0.25, 0.3) is 0 Å². The average molecular weight is 346 g/mol. The van der Waals surface area contributed by atoms with Gasteiger partial charge in [0.2, 0.25) is 0 Å². The molecule has 0 unspecified atom stereocenters. The summed E-state index contributed by atoms with van der Waals surface area (Å²) in [6.07, 6.45) is 4.01. The highest BCUT2D eigenvalue weighted by molar-refractivity contribution is 5.76. The lowest BCUT2D eigenvalue weighted by Gasteiger charge is -2.36. The van der Waals surface area contributed by atoms with Crippen molar-refractivity contribution in [2.75, 3.05) is 6.61 Å². The molecule has 4 heteroatoms. The Balaban J connectivity index is 1.72. The first-order valence-corrected chi connectivity index (χ1v) is 9.34. The number of hydrogen-bond donors (Lipinski definition) is 0. The summed E-state index contributed by atoms with van der Waals surface area (Å²) in [5, 5.41) is 0. The molecule has 0 spiro atoms. The Bertz CT molecular complexity index is 552. The lowest BCUT2D eigenvalue weighted by Crippen LogP contribution is -2.36. The van der Waals surface area contributed by atoms with E-state index >= 15 is 0 Å². The first kappa shape index (κ1) is 19.5. The van der Waals surface area contributed by atoms with Crippen LogP contribution in [0.1, 0.15) is 52.0 Å². The Morgan fingerprint density at radius 2 is 1.84 bits per heavy atom. The van der Waals surface area contributed by atoms with Crippen molar-refractivity contribution in [2.24, 2.45) is 17.8 Å². The smallest absolute Gasteiger partial charge is 0.344 e. The minimum atomic E-state index is -0.433. The number of hydrogen-bond acceptors (Lipinski definition) is 4. The molecule has 1 aliphatic carbocycles. The average Bonchev–Trinajstić information content (AvgIpc) is 2.59. The molecule has 1 aromatic carbocycles. The molecule has 1 saturated carbocycles. The fourth-order valence-electron chi connectivity index (χ4n) is 3.56. The Morgan fingerprint density at radius 3 is 2.52 bits per heavy atom. The van der Waals surface area contributed by atoms with Crippen molar-refractivity contribution in [3.05, 3.63) is 35.9 Å². The molecule has 0 N–H and O–H groups in total. The largest absolute Gasteiger partial charge is 0.460 e. The fourth-order valence-corrected chi connectivity index (χ4v) is 3.56. The first-order chi connectivity index (χ1) is 12.0. The van der Waals surface area contributed by atoms with E-state index in [1.165, 1.54) is 6.42 Å². The number of aryl methyl sites for hydroxylation is 1. The second-order valence-corrected chi connectivity index (χ2v) is 7.50. The number of esters is 2. The Morgan fingerprint density at radius 1 is 1.12 bits per heavy atom.